The molecule has 4 aromatic rings. The van der Waals surface area contributed by atoms with Gasteiger partial charge in [-0.25, -0.2) is 4.99 Å². The number of ketones is 1. The maximum atomic E-state index is 12.9. The second kappa shape index (κ2) is 7.39. The lowest BCUT2D eigenvalue weighted by molar-refractivity contribution is 0.102. The summed E-state index contributed by atoms with van der Waals surface area (Å²) in [6, 6.07) is 19.6. The Morgan fingerprint density at radius 3 is 2.50 bits per heavy atom. The van der Waals surface area contributed by atoms with E-state index < -0.39 is 0 Å². The molecule has 0 atom stereocenters. The Kier molecular flexibility index (Phi) is 4.52. The Morgan fingerprint density at radius 2 is 1.78 bits per heavy atom. The number of hydrogen-bond donors (Lipinski definition) is 3. The van der Waals surface area contributed by atoms with Crippen molar-refractivity contribution >= 4 is 45.4 Å². The van der Waals surface area contributed by atoms with Crippen molar-refractivity contribution in [1.82, 2.24) is 4.98 Å². The number of Topliss-reactive ketones (excluding diaryl/α,β-unsaturated/α-hetero) is 1. The van der Waals surface area contributed by atoms with E-state index in [1.54, 1.807) is 42.5 Å². The Bertz CT molecular complexity index is 1420. The number of aromatic hydroxyl groups is 1. The molecule has 3 aromatic carbocycles. The number of amides is 1. The minimum atomic E-state index is -0.292. The molecule has 3 N–H and O–H groups in total. The van der Waals surface area contributed by atoms with Crippen LogP contribution in [0.4, 0.5) is 17.1 Å². The second-order valence-corrected chi connectivity index (χ2v) is 7.81. The molecule has 1 aliphatic rings. The van der Waals surface area contributed by atoms with E-state index in [-0.39, 0.29) is 23.3 Å². The minimum absolute atomic E-state index is 0.156. The zero-order chi connectivity index (χ0) is 22.4. The molecule has 0 saturated heterocycles. The number of aromatic amines is 1. The van der Waals surface area contributed by atoms with Crippen LogP contribution >= 0.6 is 0 Å². The van der Waals surface area contributed by atoms with Crippen molar-refractivity contribution in [3.05, 3.63) is 83.4 Å². The topological polar surface area (TPSA) is 97.8 Å². The Hall–Kier alpha value is -4.39. The third kappa shape index (κ3) is 3.20. The molecular weight excluding hydrogens is 404 g/mol. The van der Waals surface area contributed by atoms with Gasteiger partial charge in [0.1, 0.15) is 5.71 Å². The maximum absolute atomic E-state index is 12.9. The van der Waals surface area contributed by atoms with Crippen molar-refractivity contribution in [2.45, 2.75) is 0 Å². The predicted octanol–water partition coefficient (Wildman–Crippen LogP) is 4.51. The van der Waals surface area contributed by atoms with Crippen LogP contribution in [0.5, 0.6) is 5.88 Å². The molecule has 32 heavy (non-hydrogen) atoms. The number of para-hydroxylation sites is 1. The number of aliphatic imine (C=N–C) groups is 1. The predicted molar refractivity (Wildman–Crippen MR) is 126 cm³/mol. The van der Waals surface area contributed by atoms with Crippen LogP contribution in [0.15, 0.2) is 71.7 Å². The molecule has 158 valence electrons. The Morgan fingerprint density at radius 1 is 1.03 bits per heavy atom. The summed E-state index contributed by atoms with van der Waals surface area (Å²) in [6.45, 7) is 0. The molecule has 0 saturated carbocycles. The molecule has 7 nitrogen and oxygen atoms in total. The zero-order valence-corrected chi connectivity index (χ0v) is 17.5. The summed E-state index contributed by atoms with van der Waals surface area (Å²) >= 11 is 0. The van der Waals surface area contributed by atoms with Crippen molar-refractivity contribution in [1.29, 1.82) is 0 Å². The van der Waals surface area contributed by atoms with Gasteiger partial charge in [-0.15, -0.1) is 0 Å². The molecule has 0 bridgehead atoms. The van der Waals surface area contributed by atoms with Crippen LogP contribution in [-0.4, -0.2) is 41.6 Å². The van der Waals surface area contributed by atoms with E-state index in [9.17, 15) is 14.7 Å². The average molecular weight is 424 g/mol. The molecule has 7 heteroatoms. The Labute approximate surface area is 184 Å². The second-order valence-electron chi connectivity index (χ2n) is 7.81. The number of carbonyl (C=O) groups is 2. The monoisotopic (exact) mass is 424 g/mol. The van der Waals surface area contributed by atoms with E-state index in [1.165, 1.54) is 0 Å². The van der Waals surface area contributed by atoms with Gasteiger partial charge in [-0.3, -0.25) is 9.59 Å². The number of H-pyrrole nitrogens is 1. The lowest BCUT2D eigenvalue weighted by Crippen LogP contribution is -2.13. The smallest absolute Gasteiger partial charge is 0.255 e. The highest BCUT2D eigenvalue weighted by Gasteiger charge is 2.30. The number of nitrogens with one attached hydrogen (secondary N) is 2. The van der Waals surface area contributed by atoms with E-state index in [1.807, 2.05) is 43.3 Å². The number of carbonyl (C=O) groups excluding carboxylic acids is 2. The minimum Gasteiger partial charge on any atom is -0.494 e. The van der Waals surface area contributed by atoms with E-state index in [2.05, 4.69) is 15.3 Å². The van der Waals surface area contributed by atoms with Crippen molar-refractivity contribution in [3.8, 4) is 5.88 Å². The van der Waals surface area contributed by atoms with Gasteiger partial charge in [0.05, 0.1) is 11.3 Å². The first-order chi connectivity index (χ1) is 15.4. The van der Waals surface area contributed by atoms with Crippen LogP contribution in [-0.2, 0) is 0 Å². The molecular formula is C25H20N4O3. The third-order valence-electron chi connectivity index (χ3n) is 5.52. The van der Waals surface area contributed by atoms with Crippen molar-refractivity contribution in [3.63, 3.8) is 0 Å². The summed E-state index contributed by atoms with van der Waals surface area (Å²) in [7, 11) is 3.90. The summed E-state index contributed by atoms with van der Waals surface area (Å²) in [5.41, 5.74) is 4.22. The lowest BCUT2D eigenvalue weighted by atomic mass is 10.0. The SMILES string of the molecule is CN(C)c1ccc(NC(=O)c2ccc3[nH]c(O)c(C4=Nc5ccccc5C4=O)c3c2)cc1. The van der Waals surface area contributed by atoms with Gasteiger partial charge in [0.15, 0.2) is 5.88 Å². The van der Waals surface area contributed by atoms with Gasteiger partial charge in [-0.05, 0) is 54.6 Å². The van der Waals surface area contributed by atoms with Gasteiger partial charge in [0.25, 0.3) is 5.91 Å². The Balaban J connectivity index is 1.49. The maximum Gasteiger partial charge on any atom is 0.255 e. The number of rotatable bonds is 4. The largest absolute Gasteiger partial charge is 0.494 e. The molecule has 0 fully saturated rings. The van der Waals surface area contributed by atoms with Crippen LogP contribution in [0.3, 0.4) is 0 Å². The van der Waals surface area contributed by atoms with Crippen LogP contribution < -0.4 is 10.2 Å². The summed E-state index contributed by atoms with van der Waals surface area (Å²) in [6.07, 6.45) is 0. The third-order valence-corrected chi connectivity index (χ3v) is 5.52. The van der Waals surface area contributed by atoms with Gasteiger partial charge in [0.2, 0.25) is 5.78 Å². The van der Waals surface area contributed by atoms with Crippen LogP contribution in [0.2, 0.25) is 0 Å². The molecule has 1 amide bonds. The van der Waals surface area contributed by atoms with E-state index >= 15 is 0 Å². The normalized spacial score (nSPS) is 12.6. The van der Waals surface area contributed by atoms with Gasteiger partial charge in [-0.1, -0.05) is 12.1 Å². The van der Waals surface area contributed by atoms with Crippen molar-refractivity contribution in [2.75, 3.05) is 24.3 Å². The van der Waals surface area contributed by atoms with E-state index in [0.29, 0.717) is 39.0 Å². The fourth-order valence-corrected chi connectivity index (χ4v) is 3.84. The molecule has 1 aliphatic heterocycles. The van der Waals surface area contributed by atoms with Gasteiger partial charge in [-0.2, -0.15) is 0 Å². The number of benzene rings is 3. The molecule has 0 spiro atoms. The zero-order valence-electron chi connectivity index (χ0n) is 17.5. The highest BCUT2D eigenvalue weighted by atomic mass is 16.3. The molecule has 1 aromatic heterocycles. The number of aromatic nitrogens is 1. The van der Waals surface area contributed by atoms with Crippen molar-refractivity contribution in [2.24, 2.45) is 4.99 Å². The number of nitrogens with zero attached hydrogens (tertiary/aromatic N) is 2. The number of anilines is 2. The molecule has 0 aliphatic carbocycles. The molecule has 5 rings (SSSR count). The fraction of sp³-hybridized carbons (Fsp3) is 0.0800. The lowest BCUT2D eigenvalue weighted by Gasteiger charge is -2.13. The van der Waals surface area contributed by atoms with Crippen LogP contribution in [0, 0.1) is 0 Å². The molecule has 2 heterocycles. The van der Waals surface area contributed by atoms with Crippen LogP contribution in [0.1, 0.15) is 26.3 Å². The van der Waals surface area contributed by atoms with E-state index in [4.69, 9.17) is 0 Å². The standard InChI is InChI=1S/C25H20N4O3/c1-29(2)16-10-8-15(9-11-16)26-24(31)14-7-12-20-18(13-14)21(25(32)28-20)22-23(30)17-5-3-4-6-19(17)27-22/h3-13,28,32H,1-2H3,(H,26,31). The summed E-state index contributed by atoms with van der Waals surface area (Å²) in [5, 5.41) is 14.0. The number of hydrogen-bond acceptors (Lipinski definition) is 5. The quantitative estimate of drug-likeness (QED) is 0.449. The fourth-order valence-electron chi connectivity index (χ4n) is 3.84. The van der Waals surface area contributed by atoms with Gasteiger partial charge < -0.3 is 20.3 Å². The van der Waals surface area contributed by atoms with Crippen LogP contribution in [0.25, 0.3) is 10.9 Å². The summed E-state index contributed by atoms with van der Waals surface area (Å²) in [4.78, 5) is 35.0. The summed E-state index contributed by atoms with van der Waals surface area (Å²) < 4.78 is 0. The molecule has 0 unspecified atom stereocenters. The average Bonchev–Trinajstić information content (AvgIpc) is 3.29. The van der Waals surface area contributed by atoms with E-state index in [0.717, 1.165) is 5.69 Å². The first-order valence-electron chi connectivity index (χ1n) is 10.1. The number of fused-ring (bicyclic) bond motifs is 2. The molecule has 0 radical (unpaired) electrons. The summed E-state index contributed by atoms with van der Waals surface area (Å²) in [5.74, 6) is -0.705. The first-order valence-corrected chi connectivity index (χ1v) is 10.1. The highest BCUT2D eigenvalue weighted by molar-refractivity contribution is 6.56. The van der Waals surface area contributed by atoms with Crippen molar-refractivity contribution < 1.29 is 14.7 Å². The van der Waals surface area contributed by atoms with Gasteiger partial charge >= 0.3 is 0 Å². The highest BCUT2D eigenvalue weighted by Crippen LogP contribution is 2.35. The first kappa shape index (κ1) is 19.6. The van der Waals surface area contributed by atoms with Gasteiger partial charge in [0, 0.05) is 47.5 Å².